The van der Waals surface area contributed by atoms with Crippen molar-refractivity contribution in [1.82, 2.24) is 4.31 Å². The first-order valence-electron chi connectivity index (χ1n) is 6.48. The van der Waals surface area contributed by atoms with Crippen LogP contribution in [0, 0.1) is 0 Å². The molecule has 0 spiro atoms. The number of halogens is 2. The monoisotopic (exact) mass is 369 g/mol. The van der Waals surface area contributed by atoms with Crippen molar-refractivity contribution >= 4 is 53.6 Å². The first-order chi connectivity index (χ1) is 10.9. The normalized spacial score (nSPS) is 10.2. The molecule has 2 rings (SSSR count). The number of nitrogens with zero attached hydrogens (tertiary/aromatic N) is 1. The molecule has 0 bridgehead atoms. The highest BCUT2D eigenvalue weighted by atomic mass is 35.5. The second kappa shape index (κ2) is 7.59. The minimum absolute atomic E-state index is 0.235. The fraction of sp³-hybridized carbons (Fsp3) is 0.0667. The maximum Gasteiger partial charge on any atom is 0.332 e. The van der Waals surface area contributed by atoms with Gasteiger partial charge in [-0.2, -0.15) is 0 Å². The number of hydrogen-bond acceptors (Lipinski definition) is 3. The van der Waals surface area contributed by atoms with E-state index in [1.807, 2.05) is 0 Å². The predicted molar refractivity (Wildman–Crippen MR) is 95.0 cm³/mol. The Morgan fingerprint density at radius 2 is 1.78 bits per heavy atom. The lowest BCUT2D eigenvalue weighted by Gasteiger charge is -2.17. The molecule has 0 saturated heterocycles. The highest BCUT2D eigenvalue weighted by molar-refractivity contribution is 7.78. The van der Waals surface area contributed by atoms with Crippen LogP contribution in [0.5, 0.6) is 0 Å². The lowest BCUT2D eigenvalue weighted by molar-refractivity contribution is 0.1000. The Morgan fingerprint density at radius 1 is 1.13 bits per heavy atom. The van der Waals surface area contributed by atoms with Crippen molar-refractivity contribution < 1.29 is 9.59 Å². The Kier molecular flexibility index (Phi) is 5.76. The fourth-order valence-electron chi connectivity index (χ4n) is 1.79. The van der Waals surface area contributed by atoms with Gasteiger partial charge in [-0.3, -0.25) is 9.10 Å². The summed E-state index contributed by atoms with van der Waals surface area (Å²) in [6.07, 6.45) is 0. The van der Waals surface area contributed by atoms with Crippen molar-refractivity contribution in [2.45, 2.75) is 6.54 Å². The third-order valence-corrected chi connectivity index (χ3v) is 3.85. The van der Waals surface area contributed by atoms with E-state index in [1.165, 1.54) is 10.4 Å². The number of carbonyl (C=O) groups excluding carboxylic acids is 2. The Hall–Kier alpha value is -1.89. The number of primary amides is 1. The van der Waals surface area contributed by atoms with Gasteiger partial charge in [-0.1, -0.05) is 48.1 Å². The molecule has 0 heterocycles. The van der Waals surface area contributed by atoms with Crippen LogP contribution in [0.4, 0.5) is 10.5 Å². The summed E-state index contributed by atoms with van der Waals surface area (Å²) in [4.78, 5) is 23.1. The molecule has 2 aromatic carbocycles. The van der Waals surface area contributed by atoms with Crippen LogP contribution < -0.4 is 11.1 Å². The predicted octanol–water partition coefficient (Wildman–Crippen LogP) is 3.97. The molecule has 5 nitrogen and oxygen atoms in total. The van der Waals surface area contributed by atoms with E-state index in [0.29, 0.717) is 21.3 Å². The summed E-state index contributed by atoms with van der Waals surface area (Å²) in [5, 5.41) is 3.44. The molecule has 23 heavy (non-hydrogen) atoms. The van der Waals surface area contributed by atoms with Crippen molar-refractivity contribution in [3.63, 3.8) is 0 Å². The summed E-state index contributed by atoms with van der Waals surface area (Å²) in [6, 6.07) is 10.9. The van der Waals surface area contributed by atoms with Gasteiger partial charge in [-0.05, 0) is 35.9 Å². The van der Waals surface area contributed by atoms with E-state index in [0.717, 1.165) is 5.56 Å². The number of anilines is 1. The van der Waals surface area contributed by atoms with E-state index in [-0.39, 0.29) is 6.54 Å². The van der Waals surface area contributed by atoms with E-state index in [2.05, 4.69) is 18.1 Å². The summed E-state index contributed by atoms with van der Waals surface area (Å²) >= 11 is 16.0. The first kappa shape index (κ1) is 17.5. The van der Waals surface area contributed by atoms with Gasteiger partial charge in [0.15, 0.2) is 0 Å². The molecule has 0 atom stereocenters. The van der Waals surface area contributed by atoms with Crippen LogP contribution in [0.15, 0.2) is 42.5 Å². The molecular formula is C15H13Cl2N3O2S. The second-order valence-corrected chi connectivity index (χ2v) is 6.00. The van der Waals surface area contributed by atoms with Crippen molar-refractivity contribution in [3.05, 3.63) is 63.6 Å². The summed E-state index contributed by atoms with van der Waals surface area (Å²) < 4.78 is 1.18. The average molecular weight is 370 g/mol. The number of carbonyl (C=O) groups is 2. The zero-order valence-electron chi connectivity index (χ0n) is 11.8. The molecule has 8 heteroatoms. The van der Waals surface area contributed by atoms with Crippen LogP contribution in [-0.4, -0.2) is 16.2 Å². The van der Waals surface area contributed by atoms with Crippen LogP contribution >= 0.6 is 36.0 Å². The number of urea groups is 1. The maximum atomic E-state index is 12.1. The van der Waals surface area contributed by atoms with Gasteiger partial charge in [0.25, 0.3) is 0 Å². The van der Waals surface area contributed by atoms with Gasteiger partial charge in [0.2, 0.25) is 5.91 Å². The molecule has 120 valence electrons. The minimum atomic E-state index is -0.505. The number of amides is 3. The Morgan fingerprint density at radius 3 is 2.35 bits per heavy atom. The zero-order chi connectivity index (χ0) is 17.0. The zero-order valence-corrected chi connectivity index (χ0v) is 14.2. The number of thiol groups is 1. The summed E-state index contributed by atoms with van der Waals surface area (Å²) in [7, 11) is 0. The lowest BCUT2D eigenvalue weighted by Crippen LogP contribution is -2.26. The van der Waals surface area contributed by atoms with E-state index in [4.69, 9.17) is 28.9 Å². The summed E-state index contributed by atoms with van der Waals surface area (Å²) in [5.41, 5.74) is 6.80. The van der Waals surface area contributed by atoms with Gasteiger partial charge in [-0.15, -0.1) is 0 Å². The number of hydrogen-bond donors (Lipinski definition) is 3. The van der Waals surface area contributed by atoms with Gasteiger partial charge in [0.05, 0.1) is 17.3 Å². The first-order valence-corrected chi connectivity index (χ1v) is 7.63. The number of rotatable bonds is 4. The number of nitrogens with one attached hydrogen (secondary N) is 1. The van der Waals surface area contributed by atoms with Crippen LogP contribution in [0.25, 0.3) is 0 Å². The second-order valence-electron chi connectivity index (χ2n) is 4.67. The Bertz CT molecular complexity index is 738. The minimum Gasteiger partial charge on any atom is -0.366 e. The maximum absolute atomic E-state index is 12.1. The lowest BCUT2D eigenvalue weighted by atomic mass is 10.1. The third-order valence-electron chi connectivity index (χ3n) is 2.98. The molecule has 0 saturated carbocycles. The van der Waals surface area contributed by atoms with Gasteiger partial charge in [0, 0.05) is 10.6 Å². The molecule has 3 N–H and O–H groups in total. The number of benzene rings is 2. The molecule has 0 aliphatic rings. The average Bonchev–Trinajstić information content (AvgIpc) is 2.50. The SMILES string of the molecule is NC(=O)c1ccc(CN(S)C(=O)Nc2ccc(Cl)cc2Cl)cc1. The van der Waals surface area contributed by atoms with Gasteiger partial charge in [-0.25, -0.2) is 4.79 Å². The van der Waals surface area contributed by atoms with Crippen LogP contribution in [0.3, 0.4) is 0 Å². The van der Waals surface area contributed by atoms with Crippen LogP contribution in [0.2, 0.25) is 10.0 Å². The van der Waals surface area contributed by atoms with Crippen LogP contribution in [0.1, 0.15) is 15.9 Å². The molecule has 2 aromatic rings. The standard InChI is InChI=1S/C15H13Cl2N3O2S/c16-11-5-6-13(12(17)7-11)19-15(22)20(23)8-9-1-3-10(4-2-9)14(18)21/h1-7,23H,8H2,(H2,18,21)(H,19,22). The Labute approximate surface area is 148 Å². The van der Waals surface area contributed by atoms with Gasteiger partial charge in [0.1, 0.15) is 0 Å². The number of nitrogens with two attached hydrogens (primary N) is 1. The highest BCUT2D eigenvalue weighted by Crippen LogP contribution is 2.25. The fourth-order valence-corrected chi connectivity index (χ4v) is 2.46. The quantitative estimate of drug-likeness (QED) is 0.713. The largest absolute Gasteiger partial charge is 0.366 e. The smallest absolute Gasteiger partial charge is 0.332 e. The van der Waals surface area contributed by atoms with Crippen molar-refractivity contribution in [2.75, 3.05) is 5.32 Å². The van der Waals surface area contributed by atoms with Gasteiger partial charge < -0.3 is 11.1 Å². The molecule has 0 aromatic heterocycles. The van der Waals surface area contributed by atoms with E-state index in [1.54, 1.807) is 36.4 Å². The molecule has 0 aliphatic carbocycles. The van der Waals surface area contributed by atoms with Crippen molar-refractivity contribution in [1.29, 1.82) is 0 Å². The molecule has 0 unspecified atom stereocenters. The van der Waals surface area contributed by atoms with Crippen molar-refractivity contribution in [2.24, 2.45) is 5.73 Å². The van der Waals surface area contributed by atoms with Crippen LogP contribution in [-0.2, 0) is 6.54 Å². The topological polar surface area (TPSA) is 75.4 Å². The third kappa shape index (κ3) is 4.79. The molecule has 3 amide bonds. The van der Waals surface area contributed by atoms with E-state index in [9.17, 15) is 9.59 Å². The molecular weight excluding hydrogens is 357 g/mol. The summed E-state index contributed by atoms with van der Waals surface area (Å²) in [5.74, 6) is -0.505. The molecule has 0 radical (unpaired) electrons. The summed E-state index contributed by atoms with van der Waals surface area (Å²) in [6.45, 7) is 0.235. The molecule has 0 aliphatic heterocycles. The van der Waals surface area contributed by atoms with E-state index < -0.39 is 11.9 Å². The van der Waals surface area contributed by atoms with E-state index >= 15 is 0 Å². The Balaban J connectivity index is 2.00. The highest BCUT2D eigenvalue weighted by Gasteiger charge is 2.13. The van der Waals surface area contributed by atoms with Crippen molar-refractivity contribution in [3.8, 4) is 0 Å². The molecule has 0 fully saturated rings. The van der Waals surface area contributed by atoms with Gasteiger partial charge >= 0.3 is 6.03 Å².